The Hall–Kier alpha value is -3.40. The Morgan fingerprint density at radius 2 is 1.94 bits per heavy atom. The lowest BCUT2D eigenvalue weighted by atomic mass is 10.1. The Morgan fingerprint density at radius 3 is 2.59 bits per heavy atom. The first-order valence-electron chi connectivity index (χ1n) is 9.42. The van der Waals surface area contributed by atoms with E-state index >= 15 is 0 Å². The van der Waals surface area contributed by atoms with E-state index in [0.29, 0.717) is 34.5 Å². The topological polar surface area (TPSA) is 66.9 Å². The Balaban J connectivity index is 1.90. The number of para-hydroxylation sites is 1. The molecule has 32 heavy (non-hydrogen) atoms. The van der Waals surface area contributed by atoms with Gasteiger partial charge in [0.15, 0.2) is 11.6 Å². The summed E-state index contributed by atoms with van der Waals surface area (Å²) < 4.78 is 58.7. The van der Waals surface area contributed by atoms with Crippen LogP contribution < -0.4 is 9.64 Å². The monoisotopic (exact) mass is 465 g/mol. The van der Waals surface area contributed by atoms with Gasteiger partial charge in [0.25, 0.3) is 0 Å². The summed E-state index contributed by atoms with van der Waals surface area (Å²) in [6, 6.07) is 7.47. The van der Waals surface area contributed by atoms with Gasteiger partial charge in [-0.3, -0.25) is 5.10 Å². The van der Waals surface area contributed by atoms with E-state index in [-0.39, 0.29) is 16.7 Å². The molecule has 11 heteroatoms. The predicted octanol–water partition coefficient (Wildman–Crippen LogP) is 6.00. The molecule has 0 aliphatic heterocycles. The molecule has 0 radical (unpaired) electrons. The van der Waals surface area contributed by atoms with Crippen LogP contribution in [0.5, 0.6) is 5.75 Å². The molecule has 0 amide bonds. The molecule has 6 nitrogen and oxygen atoms in total. The average Bonchev–Trinajstić information content (AvgIpc) is 3.22. The molecule has 166 valence electrons. The summed E-state index contributed by atoms with van der Waals surface area (Å²) in [5, 5.41) is 6.67. The molecule has 0 atom stereocenters. The number of alkyl halides is 3. The minimum absolute atomic E-state index is 0.0105. The van der Waals surface area contributed by atoms with Gasteiger partial charge >= 0.3 is 6.18 Å². The highest BCUT2D eigenvalue weighted by Gasteiger charge is 2.31. The van der Waals surface area contributed by atoms with Crippen LogP contribution in [0.4, 0.5) is 29.2 Å². The van der Waals surface area contributed by atoms with Crippen molar-refractivity contribution < 1.29 is 22.3 Å². The zero-order valence-corrected chi connectivity index (χ0v) is 17.6. The first-order chi connectivity index (χ1) is 15.2. The average molecular weight is 466 g/mol. The largest absolute Gasteiger partial charge is 0.493 e. The van der Waals surface area contributed by atoms with Crippen molar-refractivity contribution in [1.29, 1.82) is 0 Å². The van der Waals surface area contributed by atoms with E-state index in [1.54, 1.807) is 17.9 Å². The number of methoxy groups -OCH3 is 1. The highest BCUT2D eigenvalue weighted by atomic mass is 35.5. The van der Waals surface area contributed by atoms with Crippen LogP contribution in [0, 0.1) is 5.82 Å². The molecule has 0 bridgehead atoms. The highest BCUT2D eigenvalue weighted by Crippen LogP contribution is 2.39. The number of aromatic nitrogens is 4. The van der Waals surface area contributed by atoms with Gasteiger partial charge in [0.1, 0.15) is 16.7 Å². The normalized spacial score (nSPS) is 11.7. The van der Waals surface area contributed by atoms with E-state index in [1.807, 2.05) is 0 Å². The quantitative estimate of drug-likeness (QED) is 0.366. The number of hydrogen-bond acceptors (Lipinski definition) is 5. The molecule has 0 aliphatic rings. The van der Waals surface area contributed by atoms with Crippen LogP contribution in [-0.2, 0) is 6.18 Å². The number of fused-ring (bicyclic) bond motifs is 1. The van der Waals surface area contributed by atoms with Crippen molar-refractivity contribution in [3.63, 3.8) is 0 Å². The van der Waals surface area contributed by atoms with Crippen molar-refractivity contribution >= 4 is 34.3 Å². The highest BCUT2D eigenvalue weighted by molar-refractivity contribution is 6.33. The number of halogens is 5. The third-order valence-corrected chi connectivity index (χ3v) is 5.14. The Bertz CT molecular complexity index is 1290. The lowest BCUT2D eigenvalue weighted by Crippen LogP contribution is -2.20. The third-order valence-electron chi connectivity index (χ3n) is 4.84. The number of aromatic amines is 1. The maximum Gasteiger partial charge on any atom is 0.416 e. The van der Waals surface area contributed by atoms with Crippen molar-refractivity contribution in [2.75, 3.05) is 18.6 Å². The van der Waals surface area contributed by atoms with E-state index in [0.717, 1.165) is 12.1 Å². The fraction of sp³-hybridized carbons (Fsp3) is 0.190. The number of ether oxygens (including phenoxy) is 1. The molecular formula is C21H16ClF4N5O. The molecule has 2 aromatic carbocycles. The number of benzene rings is 2. The van der Waals surface area contributed by atoms with Crippen LogP contribution in [0.2, 0.25) is 5.02 Å². The fourth-order valence-electron chi connectivity index (χ4n) is 3.37. The van der Waals surface area contributed by atoms with E-state index < -0.39 is 17.6 Å². The van der Waals surface area contributed by atoms with Gasteiger partial charge in [0, 0.05) is 12.1 Å². The number of hydrogen-bond donors (Lipinski definition) is 1. The van der Waals surface area contributed by atoms with E-state index in [1.165, 1.54) is 31.5 Å². The number of rotatable bonds is 5. The lowest BCUT2D eigenvalue weighted by molar-refractivity contribution is -0.137. The maximum absolute atomic E-state index is 14.3. The van der Waals surface area contributed by atoms with Crippen LogP contribution >= 0.6 is 11.6 Å². The molecular weight excluding hydrogens is 450 g/mol. The minimum Gasteiger partial charge on any atom is -0.493 e. The van der Waals surface area contributed by atoms with E-state index in [9.17, 15) is 17.6 Å². The van der Waals surface area contributed by atoms with Crippen LogP contribution in [0.3, 0.4) is 0 Å². The number of H-pyrrole nitrogens is 1. The smallest absolute Gasteiger partial charge is 0.416 e. The van der Waals surface area contributed by atoms with Gasteiger partial charge in [0.05, 0.1) is 29.6 Å². The minimum atomic E-state index is -4.52. The van der Waals surface area contributed by atoms with E-state index in [4.69, 9.17) is 16.3 Å². The summed E-state index contributed by atoms with van der Waals surface area (Å²) in [6.45, 7) is 2.08. The summed E-state index contributed by atoms with van der Waals surface area (Å²) in [7, 11) is 1.34. The molecule has 0 unspecified atom stereocenters. The van der Waals surface area contributed by atoms with Crippen molar-refractivity contribution in [1.82, 2.24) is 20.2 Å². The first kappa shape index (κ1) is 21.8. The Morgan fingerprint density at radius 1 is 1.16 bits per heavy atom. The van der Waals surface area contributed by atoms with Gasteiger partial charge in [-0.05, 0) is 37.3 Å². The molecule has 0 spiro atoms. The maximum atomic E-state index is 14.3. The number of nitrogens with zero attached hydrogens (tertiary/aromatic N) is 4. The summed E-state index contributed by atoms with van der Waals surface area (Å²) in [5.41, 5.74) is 0.992. The van der Waals surface area contributed by atoms with Gasteiger partial charge in [-0.15, -0.1) is 0 Å². The fourth-order valence-corrected chi connectivity index (χ4v) is 3.65. The number of anilines is 2. The Kier molecular flexibility index (Phi) is 5.64. The molecule has 0 saturated carbocycles. The van der Waals surface area contributed by atoms with Crippen LogP contribution in [-0.4, -0.2) is 33.8 Å². The summed E-state index contributed by atoms with van der Waals surface area (Å²) in [4.78, 5) is 10.6. The molecule has 1 N–H and O–H groups in total. The standard InChI is InChI=1S/C21H16ClF4N5O/c1-3-31(16-8-7-11(9-13(16)22)21(24,25)26)20-28-15-10-27-30-18(15)17(29-20)12-5-4-6-14(23)19(12)32-2/h4-10H,3H2,1-2H3,(H,27,30). The molecule has 4 aromatic rings. The Labute approximate surface area is 184 Å². The van der Waals surface area contributed by atoms with Crippen LogP contribution in [0.15, 0.2) is 42.6 Å². The molecule has 0 aliphatic carbocycles. The van der Waals surface area contributed by atoms with Gasteiger partial charge in [0.2, 0.25) is 5.95 Å². The van der Waals surface area contributed by atoms with Gasteiger partial charge in [-0.25, -0.2) is 14.4 Å². The van der Waals surface area contributed by atoms with Crippen molar-refractivity contribution in [3.05, 3.63) is 59.0 Å². The van der Waals surface area contributed by atoms with Crippen molar-refractivity contribution in [2.24, 2.45) is 0 Å². The summed E-state index contributed by atoms with van der Waals surface area (Å²) >= 11 is 6.20. The van der Waals surface area contributed by atoms with Crippen molar-refractivity contribution in [3.8, 4) is 17.0 Å². The van der Waals surface area contributed by atoms with Gasteiger partial charge < -0.3 is 9.64 Å². The second-order valence-electron chi connectivity index (χ2n) is 6.73. The SMILES string of the molecule is CCN(c1nc(-c2cccc(F)c2OC)c2[nH]ncc2n1)c1ccc(C(F)(F)F)cc1Cl. The molecule has 4 rings (SSSR count). The summed E-state index contributed by atoms with van der Waals surface area (Å²) in [5.74, 6) is -0.427. The molecule has 2 heterocycles. The predicted molar refractivity (Wildman–Crippen MR) is 113 cm³/mol. The third kappa shape index (κ3) is 3.81. The lowest BCUT2D eigenvalue weighted by Gasteiger charge is -2.23. The van der Waals surface area contributed by atoms with Crippen molar-refractivity contribution in [2.45, 2.75) is 13.1 Å². The molecule has 0 fully saturated rings. The molecule has 2 aromatic heterocycles. The molecule has 0 saturated heterocycles. The second-order valence-corrected chi connectivity index (χ2v) is 7.14. The number of nitrogens with one attached hydrogen (secondary N) is 1. The van der Waals surface area contributed by atoms with Crippen LogP contribution in [0.1, 0.15) is 12.5 Å². The first-order valence-corrected chi connectivity index (χ1v) is 9.80. The zero-order chi connectivity index (χ0) is 23.0. The second kappa shape index (κ2) is 8.27. The zero-order valence-electron chi connectivity index (χ0n) is 16.8. The van der Waals surface area contributed by atoms with Crippen LogP contribution in [0.25, 0.3) is 22.3 Å². The van der Waals surface area contributed by atoms with Gasteiger partial charge in [-0.1, -0.05) is 17.7 Å². The van der Waals surface area contributed by atoms with E-state index in [2.05, 4.69) is 20.2 Å². The summed E-state index contributed by atoms with van der Waals surface area (Å²) in [6.07, 6.45) is -3.05. The van der Waals surface area contributed by atoms with Gasteiger partial charge in [-0.2, -0.15) is 18.3 Å².